The lowest BCUT2D eigenvalue weighted by Crippen LogP contribution is -2.39. The molecular weight excluding hydrogens is 598 g/mol. The predicted octanol–water partition coefficient (Wildman–Crippen LogP) is 4.86. The number of rotatable bonds is 11. The van der Waals surface area contributed by atoms with E-state index in [0.717, 1.165) is 22.0 Å². The third-order valence-electron chi connectivity index (χ3n) is 6.46. The first-order chi connectivity index (χ1) is 21.3. The molecule has 3 amide bonds. The molecule has 0 atom stereocenters. The summed E-state index contributed by atoms with van der Waals surface area (Å²) < 4.78 is 38.7. The van der Waals surface area contributed by atoms with Gasteiger partial charge in [0.05, 0.1) is 18.0 Å². The minimum atomic E-state index is -3.95. The van der Waals surface area contributed by atoms with Gasteiger partial charge in [-0.3, -0.25) is 10.3 Å². The Morgan fingerprint density at radius 1 is 0.956 bits per heavy atom. The van der Waals surface area contributed by atoms with Crippen LogP contribution >= 0.6 is 0 Å². The number of urea groups is 1. The molecule has 0 saturated heterocycles. The average Bonchev–Trinajstić information content (AvgIpc) is 3.42. The van der Waals surface area contributed by atoms with Gasteiger partial charge in [-0.2, -0.15) is 17.8 Å². The second-order valence-electron chi connectivity index (χ2n) is 11.3. The van der Waals surface area contributed by atoms with Crippen molar-refractivity contribution in [2.24, 2.45) is 0 Å². The van der Waals surface area contributed by atoms with E-state index in [-0.39, 0.29) is 12.0 Å². The number of hydrogen-bond donors (Lipinski definition) is 3. The van der Waals surface area contributed by atoms with Crippen LogP contribution in [0.3, 0.4) is 0 Å². The summed E-state index contributed by atoms with van der Waals surface area (Å²) in [6, 6.07) is 19.3. The molecule has 0 bridgehead atoms. The molecule has 2 aromatic heterocycles. The van der Waals surface area contributed by atoms with E-state index in [2.05, 4.69) is 15.6 Å². The highest BCUT2D eigenvalue weighted by Crippen LogP contribution is 2.27. The SMILES string of the molecule is CN(C)S(=O)(=O)NC(=O)OCc1ccc(-n2nc(C(C)(C)C)cc2NC(=O)Nc2ccc(OCCc3cccnc3)cc2)cc1. The second-order valence-corrected chi connectivity index (χ2v) is 13.2. The van der Waals surface area contributed by atoms with Crippen molar-refractivity contribution in [1.82, 2.24) is 23.8 Å². The number of anilines is 2. The van der Waals surface area contributed by atoms with Gasteiger partial charge >= 0.3 is 22.3 Å². The zero-order valence-corrected chi connectivity index (χ0v) is 26.6. The number of pyridine rings is 1. The van der Waals surface area contributed by atoms with E-state index in [9.17, 15) is 18.0 Å². The fourth-order valence-electron chi connectivity index (χ4n) is 3.89. The van der Waals surface area contributed by atoms with E-state index in [1.807, 2.05) is 49.9 Å². The zero-order chi connectivity index (χ0) is 32.6. The summed E-state index contributed by atoms with van der Waals surface area (Å²) in [6.45, 7) is 6.41. The van der Waals surface area contributed by atoms with Crippen LogP contribution in [0.4, 0.5) is 21.1 Å². The summed E-state index contributed by atoms with van der Waals surface area (Å²) in [4.78, 5) is 29.0. The highest BCUT2D eigenvalue weighted by molar-refractivity contribution is 7.87. The van der Waals surface area contributed by atoms with Crippen molar-refractivity contribution in [2.75, 3.05) is 31.3 Å². The van der Waals surface area contributed by atoms with Crippen molar-refractivity contribution in [3.05, 3.63) is 95.9 Å². The molecule has 0 radical (unpaired) electrons. The Morgan fingerprint density at radius 2 is 1.67 bits per heavy atom. The standard InChI is InChI=1S/C31H37N7O6S/c1-31(2,3)27-19-28(34-29(39)33-24-10-14-26(15-11-24)43-18-16-22-7-6-17-32-20-22)38(35-27)25-12-8-23(9-13-25)21-44-30(40)36-45(41,42)37(4)5/h6-15,17,19-20H,16,18,21H2,1-5H3,(H,36,40)(H2,33,34,39). The fourth-order valence-corrected chi connectivity index (χ4v) is 4.34. The topological polar surface area (TPSA) is 157 Å². The number of nitrogens with zero attached hydrogens (tertiary/aromatic N) is 4. The van der Waals surface area contributed by atoms with Crippen LogP contribution in [0.1, 0.15) is 37.6 Å². The molecule has 14 heteroatoms. The molecule has 0 unspecified atom stereocenters. The van der Waals surface area contributed by atoms with E-state index in [1.54, 1.807) is 59.4 Å². The number of ether oxygens (including phenoxy) is 2. The van der Waals surface area contributed by atoms with Crippen LogP contribution in [-0.2, 0) is 33.4 Å². The molecule has 45 heavy (non-hydrogen) atoms. The minimum absolute atomic E-state index is 0.150. The Hall–Kier alpha value is -4.95. The average molecular weight is 636 g/mol. The first-order valence-corrected chi connectivity index (χ1v) is 15.5. The number of benzene rings is 2. The molecule has 4 rings (SSSR count). The number of hydrogen-bond acceptors (Lipinski definition) is 8. The highest BCUT2D eigenvalue weighted by Gasteiger charge is 2.22. The molecule has 0 aliphatic carbocycles. The van der Waals surface area contributed by atoms with Crippen LogP contribution in [0, 0.1) is 0 Å². The van der Waals surface area contributed by atoms with Crippen molar-refractivity contribution >= 4 is 33.8 Å². The van der Waals surface area contributed by atoms with E-state index >= 15 is 0 Å². The number of nitrogens with one attached hydrogen (secondary N) is 3. The van der Waals surface area contributed by atoms with Gasteiger partial charge in [0.2, 0.25) is 0 Å². The second kappa shape index (κ2) is 14.2. The maximum Gasteiger partial charge on any atom is 0.422 e. The molecule has 2 heterocycles. The van der Waals surface area contributed by atoms with Crippen molar-refractivity contribution in [2.45, 2.75) is 39.2 Å². The number of carbonyl (C=O) groups excluding carboxylic acids is 2. The molecule has 0 aliphatic rings. The summed E-state index contributed by atoms with van der Waals surface area (Å²) >= 11 is 0. The monoisotopic (exact) mass is 635 g/mol. The molecule has 13 nitrogen and oxygen atoms in total. The molecule has 0 aliphatic heterocycles. The normalized spacial score (nSPS) is 11.6. The van der Waals surface area contributed by atoms with Gasteiger partial charge in [-0.05, 0) is 53.6 Å². The lowest BCUT2D eigenvalue weighted by atomic mass is 9.92. The van der Waals surface area contributed by atoms with Gasteiger partial charge in [0.15, 0.2) is 0 Å². The van der Waals surface area contributed by atoms with Gasteiger partial charge in [-0.15, -0.1) is 0 Å². The Morgan fingerprint density at radius 3 is 2.29 bits per heavy atom. The minimum Gasteiger partial charge on any atom is -0.493 e. The van der Waals surface area contributed by atoms with Crippen LogP contribution in [0.5, 0.6) is 5.75 Å². The molecule has 4 aromatic rings. The Kier molecular flexibility index (Phi) is 10.4. The van der Waals surface area contributed by atoms with E-state index < -0.39 is 22.3 Å². The van der Waals surface area contributed by atoms with Gasteiger partial charge < -0.3 is 14.8 Å². The third kappa shape index (κ3) is 9.52. The summed E-state index contributed by atoms with van der Waals surface area (Å²) in [6.07, 6.45) is 3.19. The lowest BCUT2D eigenvalue weighted by Gasteiger charge is -2.14. The van der Waals surface area contributed by atoms with Crippen LogP contribution in [-0.4, -0.2) is 60.3 Å². The van der Waals surface area contributed by atoms with Crippen molar-refractivity contribution < 1.29 is 27.5 Å². The van der Waals surface area contributed by atoms with Gasteiger partial charge in [0, 0.05) is 50.1 Å². The third-order valence-corrected chi connectivity index (χ3v) is 7.84. The van der Waals surface area contributed by atoms with Crippen LogP contribution in [0.2, 0.25) is 0 Å². The Bertz CT molecular complexity index is 1700. The first-order valence-electron chi connectivity index (χ1n) is 14.1. The van der Waals surface area contributed by atoms with Crippen molar-refractivity contribution in [1.29, 1.82) is 0 Å². The van der Waals surface area contributed by atoms with Gasteiger partial charge in [-0.25, -0.2) is 19.0 Å². The van der Waals surface area contributed by atoms with E-state index in [4.69, 9.17) is 14.6 Å². The molecular formula is C31H37N7O6S. The predicted molar refractivity (Wildman–Crippen MR) is 171 cm³/mol. The largest absolute Gasteiger partial charge is 0.493 e. The number of aromatic nitrogens is 3. The highest BCUT2D eigenvalue weighted by atomic mass is 32.2. The maximum atomic E-state index is 13.0. The van der Waals surface area contributed by atoms with Crippen LogP contribution in [0.25, 0.3) is 5.69 Å². The molecule has 238 valence electrons. The van der Waals surface area contributed by atoms with Crippen LogP contribution < -0.4 is 20.1 Å². The number of amides is 3. The summed E-state index contributed by atoms with van der Waals surface area (Å²) in [5.74, 6) is 1.14. The van der Waals surface area contributed by atoms with Gasteiger partial charge in [0.1, 0.15) is 18.2 Å². The Balaban J connectivity index is 1.38. The lowest BCUT2D eigenvalue weighted by molar-refractivity contribution is 0.145. The zero-order valence-electron chi connectivity index (χ0n) is 25.8. The summed E-state index contributed by atoms with van der Waals surface area (Å²) in [5.41, 5.74) is 3.41. The molecule has 0 fully saturated rings. The van der Waals surface area contributed by atoms with Gasteiger partial charge in [0.25, 0.3) is 0 Å². The van der Waals surface area contributed by atoms with E-state index in [1.165, 1.54) is 14.1 Å². The van der Waals surface area contributed by atoms with Crippen LogP contribution in [0.15, 0.2) is 79.1 Å². The fraction of sp³-hybridized carbons (Fsp3) is 0.290. The number of carbonyl (C=O) groups is 2. The Labute approximate surface area is 262 Å². The van der Waals surface area contributed by atoms with Gasteiger partial charge in [-0.1, -0.05) is 39.0 Å². The molecule has 2 aromatic carbocycles. The van der Waals surface area contributed by atoms with Crippen molar-refractivity contribution in [3.63, 3.8) is 0 Å². The summed E-state index contributed by atoms with van der Waals surface area (Å²) in [7, 11) is -1.37. The maximum absolute atomic E-state index is 13.0. The first kappa shape index (κ1) is 33.0. The quantitative estimate of drug-likeness (QED) is 0.211. The smallest absolute Gasteiger partial charge is 0.422 e. The van der Waals surface area contributed by atoms with Crippen molar-refractivity contribution in [3.8, 4) is 11.4 Å². The van der Waals surface area contributed by atoms with E-state index in [0.29, 0.717) is 35.1 Å². The molecule has 0 saturated carbocycles. The molecule has 0 spiro atoms. The summed E-state index contributed by atoms with van der Waals surface area (Å²) in [5, 5.41) is 10.4. The molecule has 3 N–H and O–H groups in total.